The van der Waals surface area contributed by atoms with Gasteiger partial charge >= 0.3 is 0 Å². The summed E-state index contributed by atoms with van der Waals surface area (Å²) in [5, 5.41) is 4.20. The van der Waals surface area contributed by atoms with Gasteiger partial charge in [-0.25, -0.2) is 13.1 Å². The van der Waals surface area contributed by atoms with Crippen molar-refractivity contribution in [3.8, 4) is 22.4 Å². The van der Waals surface area contributed by atoms with Gasteiger partial charge in [-0.15, -0.1) is 0 Å². The van der Waals surface area contributed by atoms with E-state index in [0.29, 0.717) is 17.9 Å². The molecule has 0 fully saturated rings. The quantitative estimate of drug-likeness (QED) is 0.160. The zero-order chi connectivity index (χ0) is 27.9. The fourth-order valence-electron chi connectivity index (χ4n) is 4.87. The topological polar surface area (TPSA) is 89.3 Å². The van der Waals surface area contributed by atoms with Crippen molar-refractivity contribution in [3.05, 3.63) is 60.4 Å². The molecule has 0 unspecified atom stereocenters. The molecule has 212 valence electrons. The molecule has 1 N–H and O–H groups in total. The normalized spacial score (nSPS) is 11.5. The van der Waals surface area contributed by atoms with Gasteiger partial charge in [0.2, 0.25) is 5.91 Å². The number of carbonyl (C=O) groups is 1. The van der Waals surface area contributed by atoms with Crippen molar-refractivity contribution >= 4 is 15.9 Å². The molecule has 1 amide bonds. The van der Waals surface area contributed by atoms with Crippen LogP contribution in [0.5, 0.6) is 0 Å². The maximum atomic E-state index is 12.8. The highest BCUT2D eigenvalue weighted by atomic mass is 32.2. The molecular weight excluding hydrogens is 508 g/mol. The minimum atomic E-state index is -3.92. The highest BCUT2D eigenvalue weighted by Crippen LogP contribution is 2.34. The Morgan fingerprint density at radius 2 is 1.28 bits per heavy atom. The first-order valence-corrected chi connectivity index (χ1v) is 16.1. The first kappa shape index (κ1) is 30.6. The van der Waals surface area contributed by atoms with Crippen LogP contribution in [0.25, 0.3) is 22.4 Å². The van der Waals surface area contributed by atoms with Crippen LogP contribution < -0.4 is 4.72 Å². The molecule has 0 atom stereocenters. The number of hydrogen-bond donors (Lipinski definition) is 1. The highest BCUT2D eigenvalue weighted by molar-refractivity contribution is 7.90. The van der Waals surface area contributed by atoms with E-state index in [9.17, 15) is 13.2 Å². The van der Waals surface area contributed by atoms with Crippen LogP contribution in [0, 0.1) is 6.92 Å². The standard InChI is InChI=1S/C32H44N2O4S/c1-3-4-5-6-7-8-9-10-11-12-13-14-18-21-30(35)34-39(36,37)29-24-22-27(23-25-29)31-26(2)38-33-32(31)28-19-16-15-17-20-28/h15-17,19-20,22-25H,3-14,18,21H2,1-2H3,(H,34,35). The molecule has 0 saturated carbocycles. The molecule has 39 heavy (non-hydrogen) atoms. The lowest BCUT2D eigenvalue weighted by atomic mass is 10.00. The Kier molecular flexibility index (Phi) is 12.7. The number of rotatable bonds is 18. The van der Waals surface area contributed by atoms with E-state index < -0.39 is 15.9 Å². The van der Waals surface area contributed by atoms with Gasteiger partial charge < -0.3 is 4.52 Å². The first-order valence-electron chi connectivity index (χ1n) is 14.6. The molecule has 0 aliphatic heterocycles. The molecule has 3 aromatic rings. The first-order chi connectivity index (χ1) is 18.9. The third-order valence-electron chi connectivity index (χ3n) is 7.12. The Labute approximate surface area is 234 Å². The average Bonchev–Trinajstić information content (AvgIpc) is 3.32. The van der Waals surface area contributed by atoms with Crippen LogP contribution in [0.2, 0.25) is 0 Å². The lowest BCUT2D eigenvalue weighted by Crippen LogP contribution is -2.30. The predicted octanol–water partition coefficient (Wildman–Crippen LogP) is 8.60. The summed E-state index contributed by atoms with van der Waals surface area (Å²) in [6.45, 7) is 4.08. The molecule has 0 saturated heterocycles. The van der Waals surface area contributed by atoms with Crippen LogP contribution >= 0.6 is 0 Å². The molecule has 1 heterocycles. The number of nitrogens with one attached hydrogen (secondary N) is 1. The van der Waals surface area contributed by atoms with Crippen molar-refractivity contribution in [2.75, 3.05) is 0 Å². The van der Waals surface area contributed by atoms with E-state index in [1.807, 2.05) is 37.3 Å². The number of aryl methyl sites for hydroxylation is 1. The Hall–Kier alpha value is -2.93. The van der Waals surface area contributed by atoms with Crippen LogP contribution in [-0.4, -0.2) is 19.5 Å². The Morgan fingerprint density at radius 3 is 1.85 bits per heavy atom. The molecule has 0 bridgehead atoms. The molecule has 6 nitrogen and oxygen atoms in total. The maximum Gasteiger partial charge on any atom is 0.264 e. The van der Waals surface area contributed by atoms with Gasteiger partial charge in [0, 0.05) is 12.0 Å². The molecule has 0 aliphatic carbocycles. The molecular formula is C32H44N2O4S. The number of benzene rings is 2. The minimum Gasteiger partial charge on any atom is -0.360 e. The summed E-state index contributed by atoms with van der Waals surface area (Å²) in [7, 11) is -3.92. The van der Waals surface area contributed by atoms with Gasteiger partial charge in [-0.3, -0.25) is 4.79 Å². The maximum absolute atomic E-state index is 12.8. The molecule has 1 aromatic heterocycles. The third kappa shape index (κ3) is 9.95. The molecule has 0 spiro atoms. The Bertz CT molecular complexity index is 1230. The van der Waals surface area contributed by atoms with Gasteiger partial charge in [0.15, 0.2) is 0 Å². The van der Waals surface area contributed by atoms with E-state index in [2.05, 4.69) is 16.8 Å². The summed E-state index contributed by atoms with van der Waals surface area (Å²) < 4.78 is 33.2. The lowest BCUT2D eigenvalue weighted by Gasteiger charge is -2.09. The monoisotopic (exact) mass is 552 g/mol. The van der Waals surface area contributed by atoms with E-state index in [0.717, 1.165) is 29.5 Å². The number of aromatic nitrogens is 1. The predicted molar refractivity (Wildman–Crippen MR) is 158 cm³/mol. The number of amides is 1. The molecule has 3 rings (SSSR count). The minimum absolute atomic E-state index is 0.0559. The van der Waals surface area contributed by atoms with Crippen LogP contribution in [0.4, 0.5) is 0 Å². The van der Waals surface area contributed by atoms with Crippen molar-refractivity contribution < 1.29 is 17.7 Å². The fraction of sp³-hybridized carbons (Fsp3) is 0.500. The van der Waals surface area contributed by atoms with Gasteiger partial charge in [0.05, 0.1) is 10.5 Å². The second kappa shape index (κ2) is 16.2. The van der Waals surface area contributed by atoms with Crippen LogP contribution in [0.15, 0.2) is 64.0 Å². The highest BCUT2D eigenvalue weighted by Gasteiger charge is 2.20. The van der Waals surface area contributed by atoms with Gasteiger partial charge in [0.1, 0.15) is 11.5 Å². The Balaban J connectivity index is 1.38. The van der Waals surface area contributed by atoms with E-state index in [1.54, 1.807) is 12.1 Å². The fourth-order valence-corrected chi connectivity index (χ4v) is 5.88. The van der Waals surface area contributed by atoms with Gasteiger partial charge in [-0.05, 0) is 31.0 Å². The molecule has 7 heteroatoms. The number of nitrogens with zero attached hydrogens (tertiary/aromatic N) is 1. The zero-order valence-electron chi connectivity index (χ0n) is 23.6. The van der Waals surface area contributed by atoms with Gasteiger partial charge in [-0.1, -0.05) is 132 Å². The van der Waals surface area contributed by atoms with Crippen LogP contribution in [-0.2, 0) is 14.8 Å². The van der Waals surface area contributed by atoms with E-state index >= 15 is 0 Å². The van der Waals surface area contributed by atoms with E-state index in [-0.39, 0.29) is 11.3 Å². The van der Waals surface area contributed by atoms with Crippen molar-refractivity contribution in [3.63, 3.8) is 0 Å². The summed E-state index contributed by atoms with van der Waals surface area (Å²) in [5.41, 5.74) is 3.23. The SMILES string of the molecule is CCCCCCCCCCCCCCCC(=O)NS(=O)(=O)c1ccc(-c2c(-c3ccccc3)noc2C)cc1. The summed E-state index contributed by atoms with van der Waals surface area (Å²) in [6.07, 6.45) is 16.1. The second-order valence-corrected chi connectivity index (χ2v) is 12.1. The van der Waals surface area contributed by atoms with E-state index in [4.69, 9.17) is 4.52 Å². The molecule has 0 aliphatic rings. The van der Waals surface area contributed by atoms with Gasteiger partial charge in [-0.2, -0.15) is 0 Å². The van der Waals surface area contributed by atoms with Crippen molar-refractivity contribution in [1.29, 1.82) is 0 Å². The molecule has 2 aromatic carbocycles. The summed E-state index contributed by atoms with van der Waals surface area (Å²) in [4.78, 5) is 12.4. The number of carbonyl (C=O) groups excluding carboxylic acids is 1. The van der Waals surface area contributed by atoms with Gasteiger partial charge in [0.25, 0.3) is 10.0 Å². The summed E-state index contributed by atoms with van der Waals surface area (Å²) >= 11 is 0. The largest absolute Gasteiger partial charge is 0.360 e. The van der Waals surface area contributed by atoms with Crippen LogP contribution in [0.1, 0.15) is 103 Å². The molecule has 0 radical (unpaired) electrons. The lowest BCUT2D eigenvalue weighted by molar-refractivity contribution is -0.119. The smallest absolute Gasteiger partial charge is 0.264 e. The van der Waals surface area contributed by atoms with Crippen molar-refractivity contribution in [1.82, 2.24) is 9.88 Å². The third-order valence-corrected chi connectivity index (χ3v) is 8.51. The second-order valence-electron chi connectivity index (χ2n) is 10.4. The number of sulfonamides is 1. The van der Waals surface area contributed by atoms with Crippen molar-refractivity contribution in [2.24, 2.45) is 0 Å². The van der Waals surface area contributed by atoms with Crippen LogP contribution in [0.3, 0.4) is 0 Å². The summed E-state index contributed by atoms with van der Waals surface area (Å²) in [6, 6.07) is 16.2. The number of hydrogen-bond acceptors (Lipinski definition) is 5. The average molecular weight is 553 g/mol. The summed E-state index contributed by atoms with van der Waals surface area (Å²) in [5.74, 6) is 0.193. The number of unbranched alkanes of at least 4 members (excludes halogenated alkanes) is 12. The van der Waals surface area contributed by atoms with E-state index in [1.165, 1.54) is 76.3 Å². The van der Waals surface area contributed by atoms with Crippen molar-refractivity contribution in [2.45, 2.75) is 109 Å². The zero-order valence-corrected chi connectivity index (χ0v) is 24.4. The Morgan fingerprint density at radius 1 is 0.744 bits per heavy atom.